The second kappa shape index (κ2) is 7.90. The third kappa shape index (κ3) is 4.44. The van der Waals surface area contributed by atoms with Gasteiger partial charge >= 0.3 is 0 Å². The van der Waals surface area contributed by atoms with Crippen LogP contribution >= 0.6 is 11.6 Å². The Morgan fingerprint density at radius 1 is 1.32 bits per heavy atom. The minimum absolute atomic E-state index is 0.137. The van der Waals surface area contributed by atoms with Gasteiger partial charge in [0.05, 0.1) is 12.8 Å². The molecule has 0 aliphatic carbocycles. The van der Waals surface area contributed by atoms with Crippen molar-refractivity contribution in [3.05, 3.63) is 22.7 Å². The summed E-state index contributed by atoms with van der Waals surface area (Å²) >= 11 is 6.08. The number of ether oxygens (including phenoxy) is 1. The highest BCUT2D eigenvalue weighted by molar-refractivity contribution is 7.86. The van der Waals surface area contributed by atoms with Crippen LogP contribution in [0.4, 0.5) is 5.69 Å². The molecule has 0 spiro atoms. The Morgan fingerprint density at radius 2 is 1.92 bits per heavy atom. The van der Waals surface area contributed by atoms with E-state index in [0.717, 1.165) is 5.56 Å². The van der Waals surface area contributed by atoms with E-state index in [1.54, 1.807) is 12.1 Å². The first-order chi connectivity index (χ1) is 11.7. The number of carbonyl (C=O) groups excluding carboxylic acids is 1. The third-order valence-electron chi connectivity index (χ3n) is 4.35. The summed E-state index contributed by atoms with van der Waals surface area (Å²) in [5, 5.41) is 3.44. The van der Waals surface area contributed by atoms with Crippen LogP contribution in [-0.4, -0.2) is 57.2 Å². The van der Waals surface area contributed by atoms with Crippen LogP contribution in [0.2, 0.25) is 5.02 Å². The van der Waals surface area contributed by atoms with Gasteiger partial charge in [-0.3, -0.25) is 4.79 Å². The Bertz CT molecular complexity index is 744. The number of hydrogen-bond acceptors (Lipinski definition) is 4. The average Bonchev–Trinajstić information content (AvgIpc) is 2.57. The summed E-state index contributed by atoms with van der Waals surface area (Å²) in [5.41, 5.74) is 1.41. The van der Waals surface area contributed by atoms with Gasteiger partial charge in [0.15, 0.2) is 0 Å². The van der Waals surface area contributed by atoms with Crippen molar-refractivity contribution in [1.29, 1.82) is 0 Å². The molecule has 1 aromatic carbocycles. The van der Waals surface area contributed by atoms with Crippen molar-refractivity contribution in [2.75, 3.05) is 39.6 Å². The molecule has 1 N–H and O–H groups in total. The van der Waals surface area contributed by atoms with Crippen molar-refractivity contribution in [1.82, 2.24) is 8.61 Å². The number of piperidine rings is 1. The lowest BCUT2D eigenvalue weighted by atomic mass is 9.97. The lowest BCUT2D eigenvalue weighted by Gasteiger charge is -2.32. The molecule has 1 saturated heterocycles. The molecule has 0 atom stereocenters. The lowest BCUT2D eigenvalue weighted by Crippen LogP contribution is -2.46. The smallest absolute Gasteiger partial charge is 0.281 e. The fraction of sp³-hybridized carbons (Fsp3) is 0.562. The van der Waals surface area contributed by atoms with Crippen LogP contribution in [0.15, 0.2) is 12.1 Å². The molecule has 1 aliphatic rings. The zero-order chi connectivity index (χ0) is 18.8. The van der Waals surface area contributed by atoms with Crippen LogP contribution < -0.4 is 10.1 Å². The zero-order valence-corrected chi connectivity index (χ0v) is 16.4. The molecule has 0 aromatic heterocycles. The van der Waals surface area contributed by atoms with E-state index in [1.165, 1.54) is 29.8 Å². The third-order valence-corrected chi connectivity index (χ3v) is 6.70. The quantitative estimate of drug-likeness (QED) is 0.836. The Hall–Kier alpha value is -1.35. The van der Waals surface area contributed by atoms with Gasteiger partial charge in [-0.05, 0) is 31.4 Å². The van der Waals surface area contributed by atoms with E-state index in [-0.39, 0.29) is 11.8 Å². The monoisotopic (exact) mass is 389 g/mol. The Kier molecular flexibility index (Phi) is 6.31. The Labute approximate surface area is 154 Å². The van der Waals surface area contributed by atoms with E-state index in [4.69, 9.17) is 16.3 Å². The van der Waals surface area contributed by atoms with E-state index in [0.29, 0.717) is 42.4 Å². The van der Waals surface area contributed by atoms with E-state index in [1.807, 2.05) is 6.92 Å². The van der Waals surface area contributed by atoms with Crippen molar-refractivity contribution in [3.8, 4) is 5.75 Å². The number of rotatable bonds is 5. The molecule has 7 nitrogen and oxygen atoms in total. The van der Waals surface area contributed by atoms with Crippen LogP contribution in [0.3, 0.4) is 0 Å². The molecule has 0 unspecified atom stereocenters. The molecule has 1 heterocycles. The first-order valence-corrected chi connectivity index (χ1v) is 9.77. The number of methoxy groups -OCH3 is 1. The van der Waals surface area contributed by atoms with Crippen LogP contribution in [0.25, 0.3) is 0 Å². The normalized spacial score (nSPS) is 16.9. The van der Waals surface area contributed by atoms with Crippen molar-refractivity contribution >= 4 is 33.4 Å². The standard InChI is InChI=1S/C16H24ClN3O4S/c1-11-9-14(15(24-4)10-13(11)17)18-16(21)12-5-7-20(8-6-12)25(22,23)19(2)3/h9-10,12H,5-8H2,1-4H3,(H,18,21). The fourth-order valence-corrected chi connectivity index (χ4v) is 4.03. The SMILES string of the molecule is COc1cc(Cl)c(C)cc1NC(=O)C1CCN(S(=O)(=O)N(C)C)CC1. The molecule has 2 rings (SSSR count). The first-order valence-electron chi connectivity index (χ1n) is 7.99. The second-order valence-electron chi connectivity index (χ2n) is 6.25. The molecule has 0 saturated carbocycles. The molecular formula is C16H24ClN3O4S. The summed E-state index contributed by atoms with van der Waals surface area (Å²) < 4.78 is 32.1. The highest BCUT2D eigenvalue weighted by Gasteiger charge is 2.32. The molecule has 140 valence electrons. The number of carbonyl (C=O) groups is 1. The van der Waals surface area contributed by atoms with Gasteiger partial charge in [-0.15, -0.1) is 0 Å². The Balaban J connectivity index is 2.04. The van der Waals surface area contributed by atoms with Crippen molar-refractivity contribution in [2.45, 2.75) is 19.8 Å². The van der Waals surface area contributed by atoms with Crippen LogP contribution in [0, 0.1) is 12.8 Å². The van der Waals surface area contributed by atoms with E-state index >= 15 is 0 Å². The second-order valence-corrected chi connectivity index (χ2v) is 8.80. The van der Waals surface area contributed by atoms with Gasteiger partial charge in [-0.2, -0.15) is 17.0 Å². The molecule has 1 aromatic rings. The van der Waals surface area contributed by atoms with Crippen LogP contribution in [0.5, 0.6) is 5.75 Å². The number of hydrogen-bond donors (Lipinski definition) is 1. The first kappa shape index (κ1) is 20.0. The molecular weight excluding hydrogens is 366 g/mol. The molecule has 25 heavy (non-hydrogen) atoms. The maximum absolute atomic E-state index is 12.5. The maximum Gasteiger partial charge on any atom is 0.281 e. The number of halogens is 1. The van der Waals surface area contributed by atoms with Crippen LogP contribution in [0.1, 0.15) is 18.4 Å². The minimum atomic E-state index is -3.43. The molecule has 1 fully saturated rings. The minimum Gasteiger partial charge on any atom is -0.495 e. The number of aryl methyl sites for hydroxylation is 1. The van der Waals surface area contributed by atoms with Gasteiger partial charge in [0, 0.05) is 44.2 Å². The molecule has 0 bridgehead atoms. The summed E-state index contributed by atoms with van der Waals surface area (Å²) in [7, 11) is 1.09. The lowest BCUT2D eigenvalue weighted by molar-refractivity contribution is -0.120. The van der Waals surface area contributed by atoms with Gasteiger partial charge in [-0.1, -0.05) is 11.6 Å². The largest absolute Gasteiger partial charge is 0.495 e. The number of amides is 1. The maximum atomic E-state index is 12.5. The van der Waals surface area contributed by atoms with Crippen molar-refractivity contribution in [3.63, 3.8) is 0 Å². The summed E-state index contributed by atoms with van der Waals surface area (Å²) in [4.78, 5) is 12.5. The van der Waals surface area contributed by atoms with E-state index in [9.17, 15) is 13.2 Å². The molecule has 0 radical (unpaired) electrons. The van der Waals surface area contributed by atoms with Gasteiger partial charge in [0.2, 0.25) is 5.91 Å². The van der Waals surface area contributed by atoms with Gasteiger partial charge < -0.3 is 10.1 Å². The van der Waals surface area contributed by atoms with Gasteiger partial charge in [0.25, 0.3) is 10.2 Å². The number of benzene rings is 1. The molecule has 1 aliphatic heterocycles. The summed E-state index contributed by atoms with van der Waals surface area (Å²) in [5.74, 6) is 0.118. The number of anilines is 1. The predicted molar refractivity (Wildman–Crippen MR) is 98.3 cm³/mol. The summed E-state index contributed by atoms with van der Waals surface area (Å²) in [6.45, 7) is 2.51. The average molecular weight is 390 g/mol. The van der Waals surface area contributed by atoms with E-state index in [2.05, 4.69) is 5.32 Å². The van der Waals surface area contributed by atoms with Gasteiger partial charge in [-0.25, -0.2) is 0 Å². The Morgan fingerprint density at radius 3 is 2.44 bits per heavy atom. The summed E-state index contributed by atoms with van der Waals surface area (Å²) in [6.07, 6.45) is 0.960. The number of nitrogens with one attached hydrogen (secondary N) is 1. The predicted octanol–water partition coefficient (Wildman–Crippen LogP) is 2.11. The fourth-order valence-electron chi connectivity index (χ4n) is 2.74. The highest BCUT2D eigenvalue weighted by Crippen LogP contribution is 2.32. The van der Waals surface area contributed by atoms with Crippen molar-refractivity contribution in [2.24, 2.45) is 5.92 Å². The van der Waals surface area contributed by atoms with Crippen LogP contribution in [-0.2, 0) is 15.0 Å². The summed E-state index contributed by atoms with van der Waals surface area (Å²) in [6, 6.07) is 3.43. The molecule has 9 heteroatoms. The zero-order valence-electron chi connectivity index (χ0n) is 14.9. The van der Waals surface area contributed by atoms with E-state index < -0.39 is 10.2 Å². The molecule has 1 amide bonds. The topological polar surface area (TPSA) is 79.0 Å². The van der Waals surface area contributed by atoms with Crippen molar-refractivity contribution < 1.29 is 17.9 Å². The van der Waals surface area contributed by atoms with Gasteiger partial charge in [0.1, 0.15) is 5.75 Å². The highest BCUT2D eigenvalue weighted by atomic mass is 35.5. The number of nitrogens with zero attached hydrogens (tertiary/aromatic N) is 2.